The van der Waals surface area contributed by atoms with Crippen LogP contribution in [0.5, 0.6) is 0 Å². The van der Waals surface area contributed by atoms with Gasteiger partial charge in [-0.2, -0.15) is 0 Å². The average molecular weight is 270 g/mol. The molecule has 0 fully saturated rings. The van der Waals surface area contributed by atoms with Crippen LogP contribution in [0.1, 0.15) is 31.9 Å². The largest absolute Gasteiger partial charge is 0.316 e. The van der Waals surface area contributed by atoms with Gasteiger partial charge in [0.2, 0.25) is 10.0 Å². The van der Waals surface area contributed by atoms with E-state index in [1.165, 1.54) is 0 Å². The number of nitrogens with one attached hydrogen (secondary N) is 2. The molecular formula is C13H22N2O2S. The van der Waals surface area contributed by atoms with E-state index in [2.05, 4.69) is 10.0 Å². The third kappa shape index (κ3) is 3.80. The summed E-state index contributed by atoms with van der Waals surface area (Å²) in [5.74, 6) is 0. The van der Waals surface area contributed by atoms with E-state index in [0.29, 0.717) is 11.4 Å². The minimum atomic E-state index is -3.47. The molecule has 5 heteroatoms. The van der Waals surface area contributed by atoms with Crippen LogP contribution < -0.4 is 10.0 Å². The highest BCUT2D eigenvalue weighted by Crippen LogP contribution is 2.20. The molecule has 1 aromatic carbocycles. The zero-order valence-corrected chi connectivity index (χ0v) is 12.5. The predicted molar refractivity (Wildman–Crippen MR) is 74.0 cm³/mol. The summed E-state index contributed by atoms with van der Waals surface area (Å²) in [4.78, 5) is 0.352. The summed E-state index contributed by atoms with van der Waals surface area (Å²) >= 11 is 0. The van der Waals surface area contributed by atoms with Crippen molar-refractivity contribution in [3.05, 3.63) is 29.3 Å². The van der Waals surface area contributed by atoms with Gasteiger partial charge in [-0.25, -0.2) is 13.1 Å². The molecule has 2 N–H and O–H groups in total. The zero-order chi connectivity index (χ0) is 14.0. The van der Waals surface area contributed by atoms with Gasteiger partial charge in [-0.3, -0.25) is 0 Å². The van der Waals surface area contributed by atoms with Crippen LogP contribution in [0.2, 0.25) is 0 Å². The quantitative estimate of drug-likeness (QED) is 0.877. The molecule has 0 saturated heterocycles. The van der Waals surface area contributed by atoms with Gasteiger partial charge in [0, 0.05) is 12.1 Å². The maximum absolute atomic E-state index is 12.3. The smallest absolute Gasteiger partial charge is 0.241 e. The first-order valence-electron chi connectivity index (χ1n) is 5.94. The Morgan fingerprint density at radius 2 is 1.83 bits per heavy atom. The molecule has 4 nitrogen and oxygen atoms in total. The first kappa shape index (κ1) is 15.1. The number of sulfonamides is 1. The van der Waals surface area contributed by atoms with Gasteiger partial charge < -0.3 is 5.32 Å². The average Bonchev–Trinajstić information content (AvgIpc) is 2.17. The third-order valence-electron chi connectivity index (χ3n) is 2.49. The number of hydrogen-bond acceptors (Lipinski definition) is 3. The van der Waals surface area contributed by atoms with Gasteiger partial charge in [-0.05, 0) is 51.9 Å². The summed E-state index contributed by atoms with van der Waals surface area (Å²) in [6.45, 7) is 7.99. The van der Waals surface area contributed by atoms with E-state index in [9.17, 15) is 8.42 Å². The minimum Gasteiger partial charge on any atom is -0.316 e. The lowest BCUT2D eigenvalue weighted by atomic mass is 10.1. The van der Waals surface area contributed by atoms with Crippen LogP contribution in [-0.4, -0.2) is 21.0 Å². The van der Waals surface area contributed by atoms with Crippen molar-refractivity contribution in [1.29, 1.82) is 0 Å². The summed E-state index contributed by atoms with van der Waals surface area (Å²) < 4.78 is 27.3. The van der Waals surface area contributed by atoms with Gasteiger partial charge in [-0.15, -0.1) is 0 Å². The molecule has 0 bridgehead atoms. The number of hydrogen-bond donors (Lipinski definition) is 2. The molecular weight excluding hydrogens is 248 g/mol. The molecule has 0 spiro atoms. The summed E-state index contributed by atoms with van der Waals surface area (Å²) in [6, 6.07) is 5.35. The topological polar surface area (TPSA) is 58.2 Å². The van der Waals surface area contributed by atoms with Crippen molar-refractivity contribution in [2.24, 2.45) is 0 Å². The first-order valence-corrected chi connectivity index (χ1v) is 7.43. The van der Waals surface area contributed by atoms with Crippen LogP contribution >= 0.6 is 0 Å². The lowest BCUT2D eigenvalue weighted by Crippen LogP contribution is -2.40. The van der Waals surface area contributed by atoms with Gasteiger partial charge in [0.25, 0.3) is 0 Å². The van der Waals surface area contributed by atoms with Gasteiger partial charge in [-0.1, -0.05) is 12.1 Å². The molecule has 18 heavy (non-hydrogen) atoms. The van der Waals surface area contributed by atoms with Crippen LogP contribution in [-0.2, 0) is 16.6 Å². The molecule has 0 heterocycles. The Balaban J connectivity index is 3.21. The summed E-state index contributed by atoms with van der Waals surface area (Å²) in [7, 11) is -1.63. The second-order valence-electron chi connectivity index (χ2n) is 5.43. The molecule has 102 valence electrons. The molecule has 1 aromatic rings. The summed E-state index contributed by atoms with van der Waals surface area (Å²) in [5.41, 5.74) is 1.31. The van der Waals surface area contributed by atoms with Crippen LogP contribution in [0, 0.1) is 6.92 Å². The van der Waals surface area contributed by atoms with Crippen molar-refractivity contribution in [3.8, 4) is 0 Å². The van der Waals surface area contributed by atoms with Crippen LogP contribution in [0.15, 0.2) is 23.1 Å². The standard InChI is InChI=1S/C13H22N2O2S/c1-10-11(9-14-5)7-6-8-12(10)18(16,17)15-13(2,3)4/h6-8,14-15H,9H2,1-5H3. The van der Waals surface area contributed by atoms with E-state index < -0.39 is 15.6 Å². The molecule has 0 radical (unpaired) electrons. The van der Waals surface area contributed by atoms with E-state index >= 15 is 0 Å². The van der Waals surface area contributed by atoms with E-state index in [-0.39, 0.29) is 0 Å². The molecule has 0 aliphatic rings. The Morgan fingerprint density at radius 1 is 1.22 bits per heavy atom. The SMILES string of the molecule is CNCc1cccc(S(=O)(=O)NC(C)(C)C)c1C. The van der Waals surface area contributed by atoms with Crippen molar-refractivity contribution in [2.45, 2.75) is 44.7 Å². The second-order valence-corrected chi connectivity index (χ2v) is 7.08. The second kappa shape index (κ2) is 5.38. The maximum atomic E-state index is 12.3. The van der Waals surface area contributed by atoms with Gasteiger partial charge in [0.05, 0.1) is 4.90 Å². The molecule has 0 aliphatic heterocycles. The lowest BCUT2D eigenvalue weighted by molar-refractivity contribution is 0.491. The van der Waals surface area contributed by atoms with Crippen molar-refractivity contribution in [1.82, 2.24) is 10.0 Å². The fourth-order valence-corrected chi connectivity index (χ4v) is 3.50. The fraction of sp³-hybridized carbons (Fsp3) is 0.538. The monoisotopic (exact) mass is 270 g/mol. The Hall–Kier alpha value is -0.910. The Bertz CT molecular complexity index is 516. The number of benzene rings is 1. The minimum absolute atomic E-state index is 0.352. The Labute approximate surface area is 110 Å². The highest BCUT2D eigenvalue weighted by molar-refractivity contribution is 7.89. The van der Waals surface area contributed by atoms with Crippen LogP contribution in [0.25, 0.3) is 0 Å². The molecule has 0 aliphatic carbocycles. The fourth-order valence-electron chi connectivity index (χ4n) is 1.79. The number of rotatable bonds is 4. The first-order chi connectivity index (χ1) is 8.17. The molecule has 0 aromatic heterocycles. The van der Waals surface area contributed by atoms with Crippen molar-refractivity contribution in [3.63, 3.8) is 0 Å². The lowest BCUT2D eigenvalue weighted by Gasteiger charge is -2.21. The van der Waals surface area contributed by atoms with E-state index in [4.69, 9.17) is 0 Å². The van der Waals surface area contributed by atoms with Crippen molar-refractivity contribution in [2.75, 3.05) is 7.05 Å². The van der Waals surface area contributed by atoms with E-state index in [1.807, 2.05) is 40.8 Å². The van der Waals surface area contributed by atoms with Crippen molar-refractivity contribution < 1.29 is 8.42 Å². The van der Waals surface area contributed by atoms with Crippen LogP contribution in [0.4, 0.5) is 0 Å². The summed E-state index contributed by atoms with van der Waals surface area (Å²) in [5, 5.41) is 3.04. The van der Waals surface area contributed by atoms with Crippen LogP contribution in [0.3, 0.4) is 0 Å². The Morgan fingerprint density at radius 3 is 2.33 bits per heavy atom. The Kier molecular flexibility index (Phi) is 4.53. The highest BCUT2D eigenvalue weighted by Gasteiger charge is 2.24. The molecule has 1 rings (SSSR count). The van der Waals surface area contributed by atoms with Gasteiger partial charge in [0.1, 0.15) is 0 Å². The van der Waals surface area contributed by atoms with E-state index in [1.54, 1.807) is 12.1 Å². The third-order valence-corrected chi connectivity index (χ3v) is 4.40. The zero-order valence-electron chi connectivity index (χ0n) is 11.7. The highest BCUT2D eigenvalue weighted by atomic mass is 32.2. The summed E-state index contributed by atoms with van der Waals surface area (Å²) in [6.07, 6.45) is 0. The van der Waals surface area contributed by atoms with Gasteiger partial charge in [0.15, 0.2) is 0 Å². The van der Waals surface area contributed by atoms with Crippen molar-refractivity contribution >= 4 is 10.0 Å². The maximum Gasteiger partial charge on any atom is 0.241 e. The van der Waals surface area contributed by atoms with Gasteiger partial charge >= 0.3 is 0 Å². The normalized spacial score (nSPS) is 12.7. The predicted octanol–water partition coefficient (Wildman–Crippen LogP) is 1.79. The molecule has 0 amide bonds. The molecule has 0 saturated carbocycles. The molecule has 0 unspecified atom stereocenters. The van der Waals surface area contributed by atoms with E-state index in [0.717, 1.165) is 11.1 Å². The molecule has 0 atom stereocenters.